The minimum absolute atomic E-state index is 0.459. The van der Waals surface area contributed by atoms with Crippen LogP contribution in [-0.4, -0.2) is 28.4 Å². The monoisotopic (exact) mass is 421 g/mol. The highest BCUT2D eigenvalue weighted by Gasteiger charge is 2.27. The van der Waals surface area contributed by atoms with Crippen molar-refractivity contribution in [1.82, 2.24) is 16.4 Å². The fraction of sp³-hybridized carbons (Fsp3) is 0.222. The molecule has 0 fully saturated rings. The molecule has 0 bridgehead atoms. The lowest BCUT2D eigenvalue weighted by Gasteiger charge is -2.19. The first-order valence-corrected chi connectivity index (χ1v) is 8.58. The third kappa shape index (κ3) is 3.13. The second-order valence-corrected chi connectivity index (χ2v) is 6.27. The van der Waals surface area contributed by atoms with Crippen molar-refractivity contribution < 1.29 is 18.9 Å². The van der Waals surface area contributed by atoms with E-state index in [1.54, 1.807) is 28.4 Å². The largest absolute Gasteiger partial charge is 0.493 e. The molecule has 3 rings (SSSR count). The molecule has 0 unspecified atom stereocenters. The number of nitrogens with one attached hydrogen (secondary N) is 3. The van der Waals surface area contributed by atoms with E-state index in [0.717, 1.165) is 27.0 Å². The van der Waals surface area contributed by atoms with Crippen LogP contribution < -0.4 is 35.3 Å². The highest BCUT2D eigenvalue weighted by atomic mass is 79.9. The van der Waals surface area contributed by atoms with E-state index in [-0.39, 0.29) is 0 Å². The van der Waals surface area contributed by atoms with Crippen molar-refractivity contribution in [3.8, 4) is 23.0 Å². The Bertz CT molecular complexity index is 837. The van der Waals surface area contributed by atoms with Crippen molar-refractivity contribution in [2.75, 3.05) is 28.4 Å². The summed E-state index contributed by atoms with van der Waals surface area (Å²) in [6.07, 6.45) is 0. The van der Waals surface area contributed by atoms with Crippen LogP contribution in [0.5, 0.6) is 23.0 Å². The van der Waals surface area contributed by atoms with Crippen molar-refractivity contribution in [3.05, 3.63) is 45.9 Å². The highest BCUT2D eigenvalue weighted by molar-refractivity contribution is 9.10. The van der Waals surface area contributed by atoms with Gasteiger partial charge in [-0.15, -0.1) is 5.53 Å². The molecule has 7 nitrogen and oxygen atoms in total. The summed E-state index contributed by atoms with van der Waals surface area (Å²) < 4.78 is 23.1. The maximum absolute atomic E-state index is 5.63. The van der Waals surface area contributed by atoms with Crippen LogP contribution in [0.25, 0.3) is 11.4 Å². The van der Waals surface area contributed by atoms with Gasteiger partial charge >= 0.3 is 0 Å². The fourth-order valence-electron chi connectivity index (χ4n) is 2.83. The van der Waals surface area contributed by atoms with Gasteiger partial charge in [0.25, 0.3) is 0 Å². The molecule has 0 amide bonds. The number of rotatable bonds is 6. The van der Waals surface area contributed by atoms with Crippen molar-refractivity contribution in [2.45, 2.75) is 0 Å². The second kappa shape index (κ2) is 7.76. The molecule has 0 atom stereocenters. The Morgan fingerprint density at radius 1 is 0.731 bits per heavy atom. The van der Waals surface area contributed by atoms with E-state index in [2.05, 4.69) is 32.3 Å². The van der Waals surface area contributed by atoms with E-state index in [4.69, 9.17) is 18.9 Å². The Balaban J connectivity index is 2.24. The summed E-state index contributed by atoms with van der Waals surface area (Å²) in [5.74, 6) is 2.00. The predicted molar refractivity (Wildman–Crippen MR) is 103 cm³/mol. The zero-order valence-corrected chi connectivity index (χ0v) is 16.5. The lowest BCUT2D eigenvalue weighted by molar-refractivity contribution is 0.305. The van der Waals surface area contributed by atoms with Crippen LogP contribution in [0.1, 0.15) is 11.1 Å². The van der Waals surface area contributed by atoms with Crippen LogP contribution in [0.15, 0.2) is 34.8 Å². The maximum Gasteiger partial charge on any atom is 0.207 e. The summed E-state index contributed by atoms with van der Waals surface area (Å²) in [7, 11) is 6.29. The molecular formula is C18H20BrN3O4. The standard InChI is InChI=1S/C18H20BrN3O4/c1-23-13-9-12(16(24-2)18(26-4)17(13)25-3)15-14(20-22-21-15)10-5-7-11(19)8-6-10/h5-9,20-22H,1-4H3. The number of ether oxygens (including phenoxy) is 4. The van der Waals surface area contributed by atoms with E-state index in [9.17, 15) is 0 Å². The molecule has 1 aliphatic rings. The lowest BCUT2D eigenvalue weighted by atomic mass is 10.0. The Hall–Kier alpha value is -2.58. The number of hydrogen-bond acceptors (Lipinski definition) is 7. The number of benzene rings is 2. The summed E-state index contributed by atoms with van der Waals surface area (Å²) in [4.78, 5) is 0. The van der Waals surface area contributed by atoms with Gasteiger partial charge in [-0.25, -0.2) is 0 Å². The van der Waals surface area contributed by atoms with Crippen LogP contribution in [0.3, 0.4) is 0 Å². The van der Waals surface area contributed by atoms with E-state index < -0.39 is 0 Å². The van der Waals surface area contributed by atoms with Crippen molar-refractivity contribution >= 4 is 27.3 Å². The molecule has 1 heterocycles. The summed E-state index contributed by atoms with van der Waals surface area (Å²) in [5, 5.41) is 0. The summed E-state index contributed by atoms with van der Waals surface area (Å²) in [6.45, 7) is 0. The lowest BCUT2D eigenvalue weighted by Crippen LogP contribution is -2.32. The molecule has 0 radical (unpaired) electrons. The molecule has 8 heteroatoms. The van der Waals surface area contributed by atoms with Gasteiger partial charge in [0.2, 0.25) is 11.5 Å². The Morgan fingerprint density at radius 2 is 1.35 bits per heavy atom. The molecule has 1 aliphatic heterocycles. The minimum atomic E-state index is 0.459. The maximum atomic E-state index is 5.63. The van der Waals surface area contributed by atoms with Gasteiger partial charge in [0.15, 0.2) is 11.5 Å². The predicted octanol–water partition coefficient (Wildman–Crippen LogP) is 2.92. The fourth-order valence-corrected chi connectivity index (χ4v) is 3.10. The van der Waals surface area contributed by atoms with Gasteiger partial charge in [0.05, 0.1) is 45.4 Å². The third-order valence-electron chi connectivity index (χ3n) is 4.02. The summed E-state index contributed by atoms with van der Waals surface area (Å²) in [5.41, 5.74) is 12.6. The molecule has 0 aliphatic carbocycles. The average Bonchev–Trinajstić information content (AvgIpc) is 3.16. The van der Waals surface area contributed by atoms with Crippen molar-refractivity contribution in [1.29, 1.82) is 0 Å². The second-order valence-electron chi connectivity index (χ2n) is 5.36. The first-order valence-electron chi connectivity index (χ1n) is 7.79. The molecule has 0 saturated carbocycles. The number of hydrazine groups is 2. The first-order chi connectivity index (χ1) is 12.6. The Labute approximate surface area is 160 Å². The quantitative estimate of drug-likeness (QED) is 0.661. The van der Waals surface area contributed by atoms with Gasteiger partial charge in [-0.3, -0.25) is 0 Å². The van der Waals surface area contributed by atoms with E-state index in [0.29, 0.717) is 23.0 Å². The summed E-state index contributed by atoms with van der Waals surface area (Å²) >= 11 is 3.46. The normalized spacial score (nSPS) is 13.1. The molecule has 0 aromatic heterocycles. The molecule has 3 N–H and O–H groups in total. The zero-order chi connectivity index (χ0) is 18.7. The number of halogens is 1. The molecule has 0 spiro atoms. The van der Waals surface area contributed by atoms with Gasteiger partial charge in [-0.1, -0.05) is 28.1 Å². The van der Waals surface area contributed by atoms with E-state index in [1.165, 1.54) is 0 Å². The van der Waals surface area contributed by atoms with Crippen LogP contribution in [-0.2, 0) is 0 Å². The Morgan fingerprint density at radius 3 is 1.92 bits per heavy atom. The molecule has 0 saturated heterocycles. The number of hydrogen-bond donors (Lipinski definition) is 3. The third-order valence-corrected chi connectivity index (χ3v) is 4.54. The van der Waals surface area contributed by atoms with Gasteiger partial charge < -0.3 is 29.8 Å². The van der Waals surface area contributed by atoms with Crippen LogP contribution >= 0.6 is 15.9 Å². The van der Waals surface area contributed by atoms with E-state index >= 15 is 0 Å². The van der Waals surface area contributed by atoms with Gasteiger partial charge in [-0.2, -0.15) is 0 Å². The molecule has 2 aromatic carbocycles. The van der Waals surface area contributed by atoms with Crippen LogP contribution in [0.2, 0.25) is 0 Å². The van der Waals surface area contributed by atoms with Crippen molar-refractivity contribution in [3.63, 3.8) is 0 Å². The van der Waals surface area contributed by atoms with Crippen LogP contribution in [0.4, 0.5) is 0 Å². The molecule has 138 valence electrons. The van der Waals surface area contributed by atoms with Crippen LogP contribution in [0, 0.1) is 0 Å². The average molecular weight is 422 g/mol. The molecule has 26 heavy (non-hydrogen) atoms. The number of methoxy groups -OCH3 is 4. The van der Waals surface area contributed by atoms with Gasteiger partial charge in [-0.05, 0) is 18.2 Å². The first kappa shape index (κ1) is 18.2. The topological polar surface area (TPSA) is 73.0 Å². The SMILES string of the molecule is COc1cc(C2=C(c3ccc(Br)cc3)NNN2)c(OC)c(OC)c1OC. The Kier molecular flexibility index (Phi) is 5.43. The van der Waals surface area contributed by atoms with E-state index in [1.807, 2.05) is 30.3 Å². The minimum Gasteiger partial charge on any atom is -0.493 e. The van der Waals surface area contributed by atoms with Gasteiger partial charge in [0, 0.05) is 10.0 Å². The zero-order valence-electron chi connectivity index (χ0n) is 14.9. The van der Waals surface area contributed by atoms with Crippen molar-refractivity contribution in [2.24, 2.45) is 0 Å². The smallest absolute Gasteiger partial charge is 0.207 e. The van der Waals surface area contributed by atoms with Gasteiger partial charge in [0.1, 0.15) is 0 Å². The molecule has 2 aromatic rings. The highest BCUT2D eigenvalue weighted by Crippen LogP contribution is 2.49. The molecular weight excluding hydrogens is 402 g/mol. The summed E-state index contributed by atoms with van der Waals surface area (Å²) in [6, 6.07) is 9.81.